The first-order valence-corrected chi connectivity index (χ1v) is 12.6. The van der Waals surface area contributed by atoms with Gasteiger partial charge in [-0.15, -0.1) is 0 Å². The molecule has 4 rings (SSSR count). The van der Waals surface area contributed by atoms with E-state index >= 15 is 0 Å². The lowest BCUT2D eigenvalue weighted by Crippen LogP contribution is -2.55. The highest BCUT2D eigenvalue weighted by molar-refractivity contribution is 5.89. The molecule has 3 atom stereocenters. The average molecular weight is 481 g/mol. The summed E-state index contributed by atoms with van der Waals surface area (Å²) < 4.78 is 13.5. The van der Waals surface area contributed by atoms with Crippen LogP contribution in [0.1, 0.15) is 55.8 Å². The first-order valence-electron chi connectivity index (χ1n) is 12.6. The minimum absolute atomic E-state index is 0.0188. The van der Waals surface area contributed by atoms with Crippen molar-refractivity contribution in [1.29, 1.82) is 0 Å². The number of halogens is 1. The van der Waals surface area contributed by atoms with Gasteiger partial charge in [0.25, 0.3) is 0 Å². The zero-order valence-corrected chi connectivity index (χ0v) is 21.2. The third kappa shape index (κ3) is 5.20. The molecule has 188 valence electrons. The molecule has 7 heteroatoms. The fraction of sp³-hybridized carbons (Fsp3) is 0.500. The van der Waals surface area contributed by atoms with E-state index in [2.05, 4.69) is 43.9 Å². The Hall–Kier alpha value is -2.93. The average Bonchev–Trinajstić information content (AvgIpc) is 3.29. The van der Waals surface area contributed by atoms with Gasteiger partial charge < -0.3 is 20.4 Å². The number of piperazine rings is 1. The number of nitrogens with two attached hydrogens (primary N) is 1. The smallest absolute Gasteiger partial charge is 0.246 e. The summed E-state index contributed by atoms with van der Waals surface area (Å²) in [5.74, 6) is -0.227. The second kappa shape index (κ2) is 10.4. The lowest BCUT2D eigenvalue weighted by atomic mass is 9.90. The van der Waals surface area contributed by atoms with E-state index in [9.17, 15) is 14.0 Å². The van der Waals surface area contributed by atoms with Crippen molar-refractivity contribution in [2.75, 3.05) is 37.6 Å². The van der Waals surface area contributed by atoms with E-state index in [1.165, 1.54) is 24.6 Å². The molecule has 2 aliphatic heterocycles. The van der Waals surface area contributed by atoms with Crippen LogP contribution >= 0.6 is 0 Å². The molecule has 2 aromatic carbocycles. The van der Waals surface area contributed by atoms with Crippen molar-refractivity contribution in [2.24, 2.45) is 11.7 Å². The second-order valence-electron chi connectivity index (χ2n) is 10.2. The van der Waals surface area contributed by atoms with Crippen LogP contribution in [0.25, 0.3) is 0 Å². The number of hydrogen-bond acceptors (Lipinski definition) is 4. The first-order chi connectivity index (χ1) is 16.7. The number of carbonyl (C=O) groups is 2. The summed E-state index contributed by atoms with van der Waals surface area (Å²) in [5, 5.41) is 0. The Kier molecular flexibility index (Phi) is 7.45. The van der Waals surface area contributed by atoms with Crippen LogP contribution in [0.3, 0.4) is 0 Å². The van der Waals surface area contributed by atoms with Crippen LogP contribution in [-0.4, -0.2) is 60.4 Å². The molecule has 0 spiro atoms. The summed E-state index contributed by atoms with van der Waals surface area (Å²) in [4.78, 5) is 32.0. The quantitative estimate of drug-likeness (QED) is 0.706. The molecule has 2 N–H and O–H groups in total. The van der Waals surface area contributed by atoms with Gasteiger partial charge in [-0.2, -0.15) is 0 Å². The van der Waals surface area contributed by atoms with Crippen LogP contribution in [0.2, 0.25) is 0 Å². The number of nitrogens with zero attached hydrogens (tertiary/aromatic N) is 3. The maximum absolute atomic E-state index is 13.7. The largest absolute Gasteiger partial charge is 0.368 e. The Morgan fingerprint density at radius 1 is 1.00 bits per heavy atom. The molecule has 0 unspecified atom stereocenters. The minimum Gasteiger partial charge on any atom is -0.368 e. The highest BCUT2D eigenvalue weighted by Crippen LogP contribution is 2.36. The van der Waals surface area contributed by atoms with Crippen molar-refractivity contribution >= 4 is 17.5 Å². The van der Waals surface area contributed by atoms with Crippen LogP contribution in [0.15, 0.2) is 42.5 Å². The summed E-state index contributed by atoms with van der Waals surface area (Å²) in [6.45, 7) is 11.0. The fourth-order valence-electron chi connectivity index (χ4n) is 5.45. The summed E-state index contributed by atoms with van der Waals surface area (Å²) in [6.07, 6.45) is 0.696. The number of rotatable bonds is 5. The molecule has 0 aromatic heterocycles. The van der Waals surface area contributed by atoms with E-state index in [0.717, 1.165) is 16.8 Å². The molecular formula is C28H37FN4O2. The Bertz CT molecular complexity index is 1060. The first kappa shape index (κ1) is 25.2. The molecule has 2 saturated heterocycles. The maximum atomic E-state index is 13.7. The Morgan fingerprint density at radius 3 is 2.26 bits per heavy atom. The molecular weight excluding hydrogens is 443 g/mol. The molecule has 0 aliphatic carbocycles. The third-order valence-corrected chi connectivity index (χ3v) is 7.55. The predicted octanol–water partition coefficient (Wildman–Crippen LogP) is 3.84. The van der Waals surface area contributed by atoms with E-state index < -0.39 is 6.04 Å². The van der Waals surface area contributed by atoms with Crippen molar-refractivity contribution in [2.45, 2.75) is 52.1 Å². The number of likely N-dealkylation sites (tertiary alicyclic amines) is 1. The monoisotopic (exact) mass is 480 g/mol. The highest BCUT2D eigenvalue weighted by Gasteiger charge is 2.43. The van der Waals surface area contributed by atoms with Crippen molar-refractivity contribution in [3.63, 3.8) is 0 Å². The molecule has 2 amide bonds. The summed E-state index contributed by atoms with van der Waals surface area (Å²) >= 11 is 0. The van der Waals surface area contributed by atoms with Gasteiger partial charge in [-0.1, -0.05) is 43.7 Å². The lowest BCUT2D eigenvalue weighted by molar-refractivity contribution is -0.143. The van der Waals surface area contributed by atoms with Crippen molar-refractivity contribution in [3.05, 3.63) is 65.0 Å². The van der Waals surface area contributed by atoms with E-state index in [4.69, 9.17) is 5.73 Å². The van der Waals surface area contributed by atoms with Gasteiger partial charge in [0.05, 0.1) is 0 Å². The Labute approximate surface area is 207 Å². The maximum Gasteiger partial charge on any atom is 0.246 e. The summed E-state index contributed by atoms with van der Waals surface area (Å²) in [7, 11) is 0. The van der Waals surface area contributed by atoms with Crippen molar-refractivity contribution in [1.82, 2.24) is 9.80 Å². The second-order valence-corrected chi connectivity index (χ2v) is 10.2. The molecule has 0 saturated carbocycles. The Morgan fingerprint density at radius 2 is 1.66 bits per heavy atom. The number of aryl methyl sites for hydroxylation is 1. The molecule has 2 aliphatic rings. The van der Waals surface area contributed by atoms with E-state index in [0.29, 0.717) is 45.1 Å². The van der Waals surface area contributed by atoms with Crippen molar-refractivity contribution < 1.29 is 14.0 Å². The molecule has 6 nitrogen and oxygen atoms in total. The SMILES string of the molecule is CC(=O)N1CC[C@H](c2ccc(F)cc2)[C@@H]1C(=O)N1CCN(c2ccc(C)cc2[C@@H](N)C(C)C)CC1. The van der Waals surface area contributed by atoms with Gasteiger partial charge in [0.15, 0.2) is 0 Å². The standard InChI is InChI=1S/C28H37FN4O2/c1-18(2)26(30)24-17-19(3)5-10-25(24)31-13-15-32(16-14-31)28(35)27-23(11-12-33(27)20(4)34)21-6-8-22(29)9-7-21/h5-10,17-18,23,26-27H,11-16,30H2,1-4H3/t23-,26+,27-/m1/s1. The van der Waals surface area contributed by atoms with Gasteiger partial charge in [0.1, 0.15) is 11.9 Å². The van der Waals surface area contributed by atoms with Crippen LogP contribution < -0.4 is 10.6 Å². The van der Waals surface area contributed by atoms with Gasteiger partial charge in [-0.3, -0.25) is 9.59 Å². The molecule has 2 aromatic rings. The zero-order valence-electron chi connectivity index (χ0n) is 21.2. The number of anilines is 1. The van der Waals surface area contributed by atoms with Crippen molar-refractivity contribution in [3.8, 4) is 0 Å². The predicted molar refractivity (Wildman–Crippen MR) is 137 cm³/mol. The summed E-state index contributed by atoms with van der Waals surface area (Å²) in [6, 6.07) is 12.1. The minimum atomic E-state index is -0.547. The van der Waals surface area contributed by atoms with E-state index in [-0.39, 0.29) is 29.6 Å². The fourth-order valence-corrected chi connectivity index (χ4v) is 5.45. The number of carbonyl (C=O) groups excluding carboxylic acids is 2. The van der Waals surface area contributed by atoms with Gasteiger partial charge in [0.2, 0.25) is 11.8 Å². The van der Waals surface area contributed by atoms with Crippen LogP contribution in [-0.2, 0) is 9.59 Å². The molecule has 2 heterocycles. The third-order valence-electron chi connectivity index (χ3n) is 7.55. The molecule has 0 radical (unpaired) electrons. The van der Waals surface area contributed by atoms with Crippen LogP contribution in [0.4, 0.5) is 10.1 Å². The van der Waals surface area contributed by atoms with Gasteiger partial charge in [0, 0.05) is 57.3 Å². The zero-order chi connectivity index (χ0) is 25.3. The molecule has 2 fully saturated rings. The topological polar surface area (TPSA) is 69.9 Å². The van der Waals surface area contributed by atoms with Crippen LogP contribution in [0.5, 0.6) is 0 Å². The number of benzene rings is 2. The van der Waals surface area contributed by atoms with Crippen LogP contribution in [0, 0.1) is 18.7 Å². The van der Waals surface area contributed by atoms with Gasteiger partial charge >= 0.3 is 0 Å². The normalized spacial score (nSPS) is 21.5. The number of amides is 2. The molecule has 35 heavy (non-hydrogen) atoms. The number of hydrogen-bond donors (Lipinski definition) is 1. The molecule has 0 bridgehead atoms. The summed E-state index contributed by atoms with van der Waals surface area (Å²) in [5.41, 5.74) is 10.9. The highest BCUT2D eigenvalue weighted by atomic mass is 19.1. The van der Waals surface area contributed by atoms with Gasteiger partial charge in [-0.25, -0.2) is 4.39 Å². The Balaban J connectivity index is 1.51. The lowest BCUT2D eigenvalue weighted by Gasteiger charge is -2.40. The van der Waals surface area contributed by atoms with E-state index in [1.807, 2.05) is 4.90 Å². The van der Waals surface area contributed by atoms with Gasteiger partial charge in [-0.05, 0) is 48.6 Å². The van der Waals surface area contributed by atoms with E-state index in [1.54, 1.807) is 17.0 Å².